The Morgan fingerprint density at radius 1 is 1.04 bits per heavy atom. The van der Waals surface area contributed by atoms with E-state index in [4.69, 9.17) is 0 Å². The van der Waals surface area contributed by atoms with Gasteiger partial charge in [-0.05, 0) is 25.0 Å². The number of carbonyl (C=O) groups excluding carboxylic acids is 1. The summed E-state index contributed by atoms with van der Waals surface area (Å²) in [7, 11) is 0. The average molecular weight is 364 g/mol. The fourth-order valence-corrected chi connectivity index (χ4v) is 3.55. The normalized spacial score (nSPS) is 14.9. The number of carbonyl (C=O) groups is 1. The van der Waals surface area contributed by atoms with Crippen molar-refractivity contribution >= 4 is 22.8 Å². The van der Waals surface area contributed by atoms with Crippen LogP contribution in [0.2, 0.25) is 0 Å². The Hall–Kier alpha value is -2.96. The first kappa shape index (κ1) is 17.5. The highest BCUT2D eigenvalue weighted by atomic mass is 16.1. The molecule has 140 valence electrons. The molecular formula is C20H24N6O. The van der Waals surface area contributed by atoms with Gasteiger partial charge in [0, 0.05) is 25.2 Å². The van der Waals surface area contributed by atoms with Crippen molar-refractivity contribution in [3.63, 3.8) is 0 Å². The summed E-state index contributed by atoms with van der Waals surface area (Å²) in [4.78, 5) is 23.5. The summed E-state index contributed by atoms with van der Waals surface area (Å²) in [5.41, 5.74) is 1.48. The van der Waals surface area contributed by atoms with Crippen LogP contribution in [-0.4, -0.2) is 45.3 Å². The molecule has 3 heterocycles. The molecule has 1 N–H and O–H groups in total. The summed E-state index contributed by atoms with van der Waals surface area (Å²) >= 11 is 0. The van der Waals surface area contributed by atoms with E-state index in [2.05, 4.69) is 25.3 Å². The molecule has 27 heavy (non-hydrogen) atoms. The molecule has 1 amide bonds. The van der Waals surface area contributed by atoms with Gasteiger partial charge in [0.25, 0.3) is 5.91 Å². The molecule has 7 nitrogen and oxygen atoms in total. The lowest BCUT2D eigenvalue weighted by atomic mass is 10.2. The molecule has 4 rings (SSSR count). The summed E-state index contributed by atoms with van der Waals surface area (Å²) in [5.74, 6) is 0.897. The molecule has 0 unspecified atom stereocenters. The molecule has 1 aliphatic rings. The van der Waals surface area contributed by atoms with Crippen LogP contribution in [-0.2, 0) is 6.54 Å². The van der Waals surface area contributed by atoms with Gasteiger partial charge in [-0.2, -0.15) is 5.10 Å². The van der Waals surface area contributed by atoms with Crippen molar-refractivity contribution < 1.29 is 4.79 Å². The molecule has 0 spiro atoms. The number of nitrogens with one attached hydrogen (secondary N) is 1. The van der Waals surface area contributed by atoms with E-state index in [0.29, 0.717) is 18.7 Å². The van der Waals surface area contributed by atoms with Crippen molar-refractivity contribution in [3.05, 3.63) is 48.4 Å². The van der Waals surface area contributed by atoms with Crippen molar-refractivity contribution in [3.8, 4) is 0 Å². The van der Waals surface area contributed by atoms with Crippen LogP contribution in [0.5, 0.6) is 0 Å². The second-order valence-corrected chi connectivity index (χ2v) is 6.83. The number of aromatic nitrogens is 4. The molecular weight excluding hydrogens is 340 g/mol. The zero-order valence-electron chi connectivity index (χ0n) is 15.3. The number of benzene rings is 1. The highest BCUT2D eigenvalue weighted by Gasteiger charge is 2.17. The van der Waals surface area contributed by atoms with Crippen LogP contribution in [0.1, 0.15) is 36.0 Å². The second-order valence-electron chi connectivity index (χ2n) is 6.83. The maximum absolute atomic E-state index is 12.2. The number of anilines is 1. The van der Waals surface area contributed by atoms with E-state index in [1.54, 1.807) is 18.5 Å². The maximum Gasteiger partial charge on any atom is 0.251 e. The molecule has 1 aromatic carbocycles. The molecule has 2 aromatic heterocycles. The van der Waals surface area contributed by atoms with E-state index in [-0.39, 0.29) is 5.91 Å². The number of rotatable bonds is 5. The van der Waals surface area contributed by atoms with Gasteiger partial charge < -0.3 is 10.2 Å². The molecule has 0 aliphatic carbocycles. The number of hydrogen-bond donors (Lipinski definition) is 1. The van der Waals surface area contributed by atoms with Crippen LogP contribution in [0.4, 0.5) is 5.82 Å². The van der Waals surface area contributed by atoms with Crippen LogP contribution in [0, 0.1) is 0 Å². The predicted molar refractivity (Wildman–Crippen MR) is 105 cm³/mol. The minimum absolute atomic E-state index is 0.0769. The number of nitrogens with zero attached hydrogens (tertiary/aromatic N) is 5. The van der Waals surface area contributed by atoms with Crippen LogP contribution in [0.15, 0.2) is 42.9 Å². The summed E-state index contributed by atoms with van der Waals surface area (Å²) in [5, 5.41) is 8.39. The van der Waals surface area contributed by atoms with Crippen molar-refractivity contribution in [2.75, 3.05) is 24.5 Å². The smallest absolute Gasteiger partial charge is 0.251 e. The quantitative estimate of drug-likeness (QED) is 0.753. The average Bonchev–Trinajstić information content (AvgIpc) is 2.94. The third kappa shape index (κ3) is 3.92. The van der Waals surface area contributed by atoms with Gasteiger partial charge in [0.1, 0.15) is 12.1 Å². The first-order valence-electron chi connectivity index (χ1n) is 9.57. The van der Waals surface area contributed by atoms with Gasteiger partial charge in [0.05, 0.1) is 18.1 Å². The molecule has 7 heteroatoms. The van der Waals surface area contributed by atoms with Gasteiger partial charge in [-0.3, -0.25) is 4.79 Å². The Morgan fingerprint density at radius 2 is 1.81 bits per heavy atom. The fourth-order valence-electron chi connectivity index (χ4n) is 3.55. The molecule has 3 aromatic rings. The van der Waals surface area contributed by atoms with Crippen LogP contribution >= 0.6 is 0 Å². The lowest BCUT2D eigenvalue weighted by Gasteiger charge is -2.21. The number of hydrogen-bond acceptors (Lipinski definition) is 5. The Morgan fingerprint density at radius 3 is 2.59 bits per heavy atom. The van der Waals surface area contributed by atoms with Gasteiger partial charge in [0.15, 0.2) is 5.65 Å². The third-order valence-electron chi connectivity index (χ3n) is 4.96. The minimum atomic E-state index is -0.0769. The molecule has 0 bridgehead atoms. The summed E-state index contributed by atoms with van der Waals surface area (Å²) < 4.78 is 1.84. The largest absolute Gasteiger partial charge is 0.356 e. The minimum Gasteiger partial charge on any atom is -0.356 e. The maximum atomic E-state index is 12.2. The van der Waals surface area contributed by atoms with E-state index >= 15 is 0 Å². The predicted octanol–water partition coefficient (Wildman–Crippen LogP) is 2.64. The van der Waals surface area contributed by atoms with E-state index in [9.17, 15) is 4.79 Å². The van der Waals surface area contributed by atoms with Crippen molar-refractivity contribution in [2.24, 2.45) is 0 Å². The summed E-state index contributed by atoms with van der Waals surface area (Å²) in [6.07, 6.45) is 8.42. The SMILES string of the molecule is O=C(NCCn1ncc2c(N3CCCCCC3)ncnc21)c1ccccc1. The van der Waals surface area contributed by atoms with Gasteiger partial charge in [-0.1, -0.05) is 31.0 Å². The Kier molecular flexibility index (Phi) is 5.27. The molecule has 0 atom stereocenters. The monoisotopic (exact) mass is 364 g/mol. The molecule has 1 fully saturated rings. The van der Waals surface area contributed by atoms with Gasteiger partial charge in [-0.25, -0.2) is 14.6 Å². The van der Waals surface area contributed by atoms with E-state index < -0.39 is 0 Å². The van der Waals surface area contributed by atoms with Crippen molar-refractivity contribution in [1.29, 1.82) is 0 Å². The van der Waals surface area contributed by atoms with E-state index in [1.165, 1.54) is 25.7 Å². The Bertz CT molecular complexity index is 899. The van der Waals surface area contributed by atoms with Gasteiger partial charge in [-0.15, -0.1) is 0 Å². The molecule has 0 radical (unpaired) electrons. The highest BCUT2D eigenvalue weighted by Crippen LogP contribution is 2.24. The van der Waals surface area contributed by atoms with E-state index in [0.717, 1.165) is 29.9 Å². The van der Waals surface area contributed by atoms with E-state index in [1.807, 2.05) is 29.1 Å². The second kappa shape index (κ2) is 8.16. The standard InChI is InChI=1S/C20H24N6O/c27-20(16-8-4-3-5-9-16)21-10-13-26-19-17(14-24-26)18(22-15-23-19)25-11-6-1-2-7-12-25/h3-5,8-9,14-15H,1-2,6-7,10-13H2,(H,21,27). The lowest BCUT2D eigenvalue weighted by Crippen LogP contribution is -2.27. The van der Waals surface area contributed by atoms with Crippen molar-refractivity contribution in [1.82, 2.24) is 25.1 Å². The van der Waals surface area contributed by atoms with Crippen LogP contribution in [0.3, 0.4) is 0 Å². The van der Waals surface area contributed by atoms with Crippen LogP contribution < -0.4 is 10.2 Å². The van der Waals surface area contributed by atoms with Crippen molar-refractivity contribution in [2.45, 2.75) is 32.2 Å². The summed E-state index contributed by atoms with van der Waals surface area (Å²) in [6.45, 7) is 3.13. The first-order chi connectivity index (χ1) is 13.3. The molecule has 1 aliphatic heterocycles. The first-order valence-corrected chi connectivity index (χ1v) is 9.57. The number of fused-ring (bicyclic) bond motifs is 1. The fraction of sp³-hybridized carbons (Fsp3) is 0.400. The zero-order valence-corrected chi connectivity index (χ0v) is 15.3. The van der Waals surface area contributed by atoms with Gasteiger partial charge >= 0.3 is 0 Å². The topological polar surface area (TPSA) is 75.9 Å². The lowest BCUT2D eigenvalue weighted by molar-refractivity contribution is 0.0952. The van der Waals surface area contributed by atoms with Gasteiger partial charge in [0.2, 0.25) is 0 Å². The highest BCUT2D eigenvalue weighted by molar-refractivity contribution is 5.94. The Labute approximate surface area is 158 Å². The third-order valence-corrected chi connectivity index (χ3v) is 4.96. The number of amides is 1. The Balaban J connectivity index is 1.45. The van der Waals surface area contributed by atoms with Crippen LogP contribution in [0.25, 0.3) is 11.0 Å². The summed E-state index contributed by atoms with van der Waals surface area (Å²) in [6, 6.07) is 9.22. The molecule has 1 saturated heterocycles. The molecule has 0 saturated carbocycles. The zero-order chi connectivity index (χ0) is 18.5.